The fourth-order valence-electron chi connectivity index (χ4n) is 1.52. The molecule has 2 aromatic rings. The van der Waals surface area contributed by atoms with Gasteiger partial charge in [0.25, 0.3) is 0 Å². The molecule has 4 heteroatoms. The average Bonchev–Trinajstić information content (AvgIpc) is 2.83. The Bertz CT molecular complexity index is 462. The first-order valence-electron chi connectivity index (χ1n) is 5.22. The number of benzene rings is 1. The van der Waals surface area contributed by atoms with Gasteiger partial charge < -0.3 is 0 Å². The summed E-state index contributed by atoms with van der Waals surface area (Å²) in [5.41, 5.74) is 2.36. The average molecular weight is 232 g/mol. The first-order valence-corrected chi connectivity index (χ1v) is 6.05. The van der Waals surface area contributed by atoms with Gasteiger partial charge in [0.1, 0.15) is 5.69 Å². The largest absolute Gasteiger partial charge is 0.287 e. The van der Waals surface area contributed by atoms with Crippen LogP contribution in [0.1, 0.15) is 35.0 Å². The normalized spacial score (nSPS) is 10.3. The molecule has 0 saturated heterocycles. The molecule has 0 spiro atoms. The highest BCUT2D eigenvalue weighted by Crippen LogP contribution is 2.11. The Labute approximate surface area is 98.3 Å². The van der Waals surface area contributed by atoms with Gasteiger partial charge in [0.05, 0.1) is 0 Å². The smallest absolute Gasteiger partial charge is 0.214 e. The summed E-state index contributed by atoms with van der Waals surface area (Å²) in [4.78, 5) is 11.9. The van der Waals surface area contributed by atoms with Crippen molar-refractivity contribution in [3.8, 4) is 0 Å². The number of aromatic nitrogens is 2. The second kappa shape index (κ2) is 4.99. The van der Waals surface area contributed by atoms with Gasteiger partial charge in [0, 0.05) is 10.9 Å². The Hall–Kier alpha value is -1.55. The molecule has 0 fully saturated rings. The summed E-state index contributed by atoms with van der Waals surface area (Å²) < 4.78 is 3.69. The fraction of sp³-hybridized carbons (Fsp3) is 0.250. The van der Waals surface area contributed by atoms with E-state index in [2.05, 4.69) is 16.5 Å². The van der Waals surface area contributed by atoms with Gasteiger partial charge >= 0.3 is 0 Å². The molecule has 1 aromatic heterocycles. The molecule has 3 nitrogen and oxygen atoms in total. The molecule has 0 aliphatic carbocycles. The van der Waals surface area contributed by atoms with E-state index in [0.717, 1.165) is 12.8 Å². The second-order valence-corrected chi connectivity index (χ2v) is 4.18. The molecule has 0 aliphatic heterocycles. The zero-order valence-corrected chi connectivity index (χ0v) is 9.83. The van der Waals surface area contributed by atoms with Crippen LogP contribution in [0.2, 0.25) is 0 Å². The maximum absolute atomic E-state index is 11.9. The summed E-state index contributed by atoms with van der Waals surface area (Å²) >= 11 is 1.19. The topological polar surface area (TPSA) is 42.9 Å². The SMILES string of the molecule is CCCc1ccc(C(=O)c2csnn2)cc1. The molecule has 1 heterocycles. The van der Waals surface area contributed by atoms with E-state index >= 15 is 0 Å². The Morgan fingerprint density at radius 2 is 2.06 bits per heavy atom. The summed E-state index contributed by atoms with van der Waals surface area (Å²) in [5, 5.41) is 5.44. The van der Waals surface area contributed by atoms with E-state index in [9.17, 15) is 4.79 Å². The molecule has 0 bridgehead atoms. The van der Waals surface area contributed by atoms with Gasteiger partial charge in [0.2, 0.25) is 5.78 Å². The van der Waals surface area contributed by atoms with Crippen molar-refractivity contribution in [2.45, 2.75) is 19.8 Å². The molecule has 0 radical (unpaired) electrons. The van der Waals surface area contributed by atoms with Gasteiger partial charge in [-0.2, -0.15) is 0 Å². The van der Waals surface area contributed by atoms with Crippen LogP contribution in [0.25, 0.3) is 0 Å². The molecule has 0 N–H and O–H groups in total. The molecule has 0 unspecified atom stereocenters. The van der Waals surface area contributed by atoms with Crippen LogP contribution < -0.4 is 0 Å². The van der Waals surface area contributed by atoms with Crippen molar-refractivity contribution in [2.75, 3.05) is 0 Å². The molecule has 0 amide bonds. The lowest BCUT2D eigenvalue weighted by molar-refractivity contribution is 0.103. The van der Waals surface area contributed by atoms with E-state index in [-0.39, 0.29) is 5.78 Å². The Balaban J connectivity index is 2.19. The van der Waals surface area contributed by atoms with E-state index < -0.39 is 0 Å². The minimum atomic E-state index is -0.0585. The molecule has 0 aliphatic rings. The van der Waals surface area contributed by atoms with Crippen LogP contribution in [0.15, 0.2) is 29.6 Å². The highest BCUT2D eigenvalue weighted by atomic mass is 32.1. The van der Waals surface area contributed by atoms with Crippen molar-refractivity contribution in [3.05, 3.63) is 46.5 Å². The van der Waals surface area contributed by atoms with Gasteiger partial charge in [-0.1, -0.05) is 42.1 Å². The van der Waals surface area contributed by atoms with Gasteiger partial charge in [-0.15, -0.1) is 5.10 Å². The molecule has 0 atom stereocenters. The van der Waals surface area contributed by atoms with E-state index in [0.29, 0.717) is 11.3 Å². The lowest BCUT2D eigenvalue weighted by atomic mass is 10.0. The third-order valence-electron chi connectivity index (χ3n) is 2.35. The van der Waals surface area contributed by atoms with Crippen LogP contribution >= 0.6 is 11.5 Å². The maximum atomic E-state index is 11.9. The lowest BCUT2D eigenvalue weighted by Crippen LogP contribution is -2.01. The summed E-state index contributed by atoms with van der Waals surface area (Å²) in [5.74, 6) is -0.0585. The highest BCUT2D eigenvalue weighted by molar-refractivity contribution is 7.03. The van der Waals surface area contributed by atoms with Crippen LogP contribution in [0, 0.1) is 0 Å². The molecule has 2 rings (SSSR count). The first kappa shape index (κ1) is 11.0. The van der Waals surface area contributed by atoms with Crippen LogP contribution in [0.4, 0.5) is 0 Å². The minimum absolute atomic E-state index is 0.0585. The molecule has 0 saturated carbocycles. The summed E-state index contributed by atoms with van der Waals surface area (Å²) in [6.45, 7) is 2.14. The van der Waals surface area contributed by atoms with Crippen molar-refractivity contribution in [3.63, 3.8) is 0 Å². The number of ketones is 1. The quantitative estimate of drug-likeness (QED) is 0.761. The number of aryl methyl sites for hydroxylation is 1. The van der Waals surface area contributed by atoms with Crippen molar-refractivity contribution in [2.24, 2.45) is 0 Å². The Kier molecular flexibility index (Phi) is 3.41. The Morgan fingerprint density at radius 1 is 1.31 bits per heavy atom. The van der Waals surface area contributed by atoms with Crippen molar-refractivity contribution in [1.29, 1.82) is 0 Å². The molecule has 16 heavy (non-hydrogen) atoms. The van der Waals surface area contributed by atoms with E-state index in [4.69, 9.17) is 0 Å². The Morgan fingerprint density at radius 3 is 2.62 bits per heavy atom. The van der Waals surface area contributed by atoms with Crippen LogP contribution in [-0.2, 0) is 6.42 Å². The summed E-state index contributed by atoms with van der Waals surface area (Å²) in [6, 6.07) is 7.70. The van der Waals surface area contributed by atoms with Crippen molar-refractivity contribution < 1.29 is 4.79 Å². The number of hydrogen-bond donors (Lipinski definition) is 0. The van der Waals surface area contributed by atoms with E-state index in [1.54, 1.807) is 5.38 Å². The van der Waals surface area contributed by atoms with Gasteiger partial charge in [-0.25, -0.2) is 0 Å². The molecular weight excluding hydrogens is 220 g/mol. The van der Waals surface area contributed by atoms with Gasteiger partial charge in [-0.05, 0) is 23.5 Å². The number of hydrogen-bond acceptors (Lipinski definition) is 4. The summed E-state index contributed by atoms with van der Waals surface area (Å²) in [6.07, 6.45) is 2.16. The number of nitrogens with zero attached hydrogens (tertiary/aromatic N) is 2. The number of carbonyl (C=O) groups excluding carboxylic acids is 1. The van der Waals surface area contributed by atoms with Crippen molar-refractivity contribution in [1.82, 2.24) is 9.59 Å². The third kappa shape index (κ3) is 2.33. The monoisotopic (exact) mass is 232 g/mol. The van der Waals surface area contributed by atoms with Crippen LogP contribution in [0.3, 0.4) is 0 Å². The standard InChI is InChI=1S/C12H12N2OS/c1-2-3-9-4-6-10(7-5-9)12(15)11-8-16-14-13-11/h4-8H,2-3H2,1H3. The predicted octanol–water partition coefficient (Wildman–Crippen LogP) is 2.72. The third-order valence-corrected chi connectivity index (χ3v) is 2.85. The van der Waals surface area contributed by atoms with E-state index in [1.165, 1.54) is 17.1 Å². The molecule has 1 aromatic carbocycles. The number of carbonyl (C=O) groups is 1. The highest BCUT2D eigenvalue weighted by Gasteiger charge is 2.11. The predicted molar refractivity (Wildman–Crippen MR) is 63.8 cm³/mol. The van der Waals surface area contributed by atoms with Gasteiger partial charge in [0.15, 0.2) is 0 Å². The molecular formula is C12H12N2OS. The van der Waals surface area contributed by atoms with Crippen LogP contribution in [0.5, 0.6) is 0 Å². The van der Waals surface area contributed by atoms with Crippen LogP contribution in [-0.4, -0.2) is 15.4 Å². The summed E-state index contributed by atoms with van der Waals surface area (Å²) in [7, 11) is 0. The first-order chi connectivity index (χ1) is 7.81. The fourth-order valence-corrected chi connectivity index (χ4v) is 1.96. The van der Waals surface area contributed by atoms with Gasteiger partial charge in [-0.3, -0.25) is 4.79 Å². The lowest BCUT2D eigenvalue weighted by Gasteiger charge is -2.00. The second-order valence-electron chi connectivity index (χ2n) is 3.57. The minimum Gasteiger partial charge on any atom is -0.287 e. The molecule has 82 valence electrons. The zero-order chi connectivity index (χ0) is 11.4. The number of rotatable bonds is 4. The van der Waals surface area contributed by atoms with E-state index in [1.807, 2.05) is 24.3 Å². The van der Waals surface area contributed by atoms with Crippen molar-refractivity contribution >= 4 is 17.3 Å². The zero-order valence-electron chi connectivity index (χ0n) is 9.01. The maximum Gasteiger partial charge on any atom is 0.214 e.